The van der Waals surface area contributed by atoms with Crippen LogP contribution in [0.25, 0.3) is 0 Å². The van der Waals surface area contributed by atoms with Gasteiger partial charge in [-0.15, -0.1) is 6.58 Å². The van der Waals surface area contributed by atoms with Crippen molar-refractivity contribution in [2.45, 2.75) is 20.3 Å². The molecule has 0 aliphatic heterocycles. The first-order valence-electron chi connectivity index (χ1n) is 4.24. The van der Waals surface area contributed by atoms with E-state index in [1.54, 1.807) is 0 Å². The summed E-state index contributed by atoms with van der Waals surface area (Å²) >= 11 is 0. The van der Waals surface area contributed by atoms with Crippen molar-refractivity contribution in [2.24, 2.45) is 0 Å². The van der Waals surface area contributed by atoms with Crippen molar-refractivity contribution in [3.63, 3.8) is 0 Å². The Morgan fingerprint density at radius 3 is 2.27 bits per heavy atom. The molecule has 11 heavy (non-hydrogen) atoms. The third-order valence-electron chi connectivity index (χ3n) is 1.77. The molecule has 0 fully saturated rings. The van der Waals surface area contributed by atoms with Crippen molar-refractivity contribution >= 4 is 0 Å². The fourth-order valence-corrected chi connectivity index (χ4v) is 1.03. The van der Waals surface area contributed by atoms with Crippen molar-refractivity contribution in [3.8, 4) is 0 Å². The molecule has 0 atom stereocenters. The summed E-state index contributed by atoms with van der Waals surface area (Å²) in [6.07, 6.45) is 2.85. The second-order valence-corrected chi connectivity index (χ2v) is 2.70. The summed E-state index contributed by atoms with van der Waals surface area (Å²) in [6.45, 7) is 15.2. The summed E-state index contributed by atoms with van der Waals surface area (Å²) in [5, 5.41) is 0. The predicted molar refractivity (Wildman–Crippen MR) is 51.7 cm³/mol. The molecule has 0 aromatic rings. The summed E-state index contributed by atoms with van der Waals surface area (Å²) in [7, 11) is 0. The number of likely N-dealkylation sites (N-methyl/N-ethyl adjacent to an activating group) is 1. The van der Waals surface area contributed by atoms with Gasteiger partial charge in [-0.05, 0) is 19.5 Å². The zero-order valence-electron chi connectivity index (χ0n) is 7.77. The summed E-state index contributed by atoms with van der Waals surface area (Å²) in [6, 6.07) is 0. The largest absolute Gasteiger partial charge is 0.300 e. The molecule has 0 radical (unpaired) electrons. The van der Waals surface area contributed by atoms with E-state index in [1.165, 1.54) is 5.57 Å². The second-order valence-electron chi connectivity index (χ2n) is 2.70. The SMILES string of the molecule is C=CCC(=C)CN(CC)CC. The fourth-order valence-electron chi connectivity index (χ4n) is 1.03. The molecule has 0 saturated heterocycles. The maximum absolute atomic E-state index is 3.97. The van der Waals surface area contributed by atoms with Crippen LogP contribution in [0.15, 0.2) is 24.8 Å². The lowest BCUT2D eigenvalue weighted by Crippen LogP contribution is -2.24. The Labute approximate surface area is 70.4 Å². The first-order chi connectivity index (χ1) is 5.24. The summed E-state index contributed by atoms with van der Waals surface area (Å²) in [5.74, 6) is 0. The maximum Gasteiger partial charge on any atom is 0.0193 e. The minimum absolute atomic E-state index is 0.941. The molecule has 1 nitrogen and oxygen atoms in total. The first kappa shape index (κ1) is 10.4. The highest BCUT2D eigenvalue weighted by molar-refractivity contribution is 5.02. The normalized spacial score (nSPS) is 10.1. The van der Waals surface area contributed by atoms with Gasteiger partial charge in [-0.3, -0.25) is 4.90 Å². The van der Waals surface area contributed by atoms with Crippen LogP contribution in [0.2, 0.25) is 0 Å². The lowest BCUT2D eigenvalue weighted by molar-refractivity contribution is 0.328. The van der Waals surface area contributed by atoms with Gasteiger partial charge in [-0.1, -0.05) is 32.1 Å². The molecule has 0 aromatic carbocycles. The fraction of sp³-hybridized carbons (Fsp3) is 0.600. The van der Waals surface area contributed by atoms with Crippen LogP contribution in [0.4, 0.5) is 0 Å². The minimum atomic E-state index is 0.941. The molecular weight excluding hydrogens is 134 g/mol. The van der Waals surface area contributed by atoms with Gasteiger partial charge in [-0.2, -0.15) is 0 Å². The lowest BCUT2D eigenvalue weighted by atomic mass is 10.2. The van der Waals surface area contributed by atoms with E-state index in [1.807, 2.05) is 6.08 Å². The summed E-state index contributed by atoms with van der Waals surface area (Å²) < 4.78 is 0. The van der Waals surface area contributed by atoms with Gasteiger partial charge < -0.3 is 0 Å². The number of allylic oxidation sites excluding steroid dienone is 1. The van der Waals surface area contributed by atoms with E-state index in [-0.39, 0.29) is 0 Å². The molecule has 0 rings (SSSR count). The van der Waals surface area contributed by atoms with Crippen LogP contribution in [0, 0.1) is 0 Å². The number of nitrogens with zero attached hydrogens (tertiary/aromatic N) is 1. The van der Waals surface area contributed by atoms with Gasteiger partial charge >= 0.3 is 0 Å². The standard InChI is InChI=1S/C10H19N/c1-5-8-10(4)9-11(6-2)7-3/h5H,1,4,6-9H2,2-3H3. The average Bonchev–Trinajstić information content (AvgIpc) is 2.01. The maximum atomic E-state index is 3.97. The Hall–Kier alpha value is -0.560. The monoisotopic (exact) mass is 153 g/mol. The molecule has 0 aliphatic carbocycles. The second kappa shape index (κ2) is 6.17. The Morgan fingerprint density at radius 2 is 1.91 bits per heavy atom. The Balaban J connectivity index is 3.62. The third kappa shape index (κ3) is 4.79. The molecule has 0 bridgehead atoms. The highest BCUT2D eigenvalue weighted by atomic mass is 15.1. The van der Waals surface area contributed by atoms with E-state index in [0.29, 0.717) is 0 Å². The summed E-state index contributed by atoms with van der Waals surface area (Å²) in [5.41, 5.74) is 1.25. The van der Waals surface area contributed by atoms with Gasteiger partial charge in [-0.25, -0.2) is 0 Å². The van der Waals surface area contributed by atoms with Gasteiger partial charge in [0, 0.05) is 6.54 Å². The molecule has 0 spiro atoms. The third-order valence-corrected chi connectivity index (χ3v) is 1.77. The van der Waals surface area contributed by atoms with Crippen LogP contribution in [0.5, 0.6) is 0 Å². The topological polar surface area (TPSA) is 3.24 Å². The van der Waals surface area contributed by atoms with E-state index < -0.39 is 0 Å². The Kier molecular flexibility index (Phi) is 5.86. The zero-order chi connectivity index (χ0) is 8.69. The minimum Gasteiger partial charge on any atom is -0.300 e. The van der Waals surface area contributed by atoms with Gasteiger partial charge in [0.1, 0.15) is 0 Å². The lowest BCUT2D eigenvalue weighted by Gasteiger charge is -2.18. The first-order valence-corrected chi connectivity index (χ1v) is 4.24. The molecule has 1 heteroatoms. The van der Waals surface area contributed by atoms with Crippen molar-refractivity contribution in [2.75, 3.05) is 19.6 Å². The molecule has 0 aromatic heterocycles. The Morgan fingerprint density at radius 1 is 1.36 bits per heavy atom. The van der Waals surface area contributed by atoms with E-state index >= 15 is 0 Å². The Bertz CT molecular complexity index is 123. The molecule has 0 amide bonds. The smallest absolute Gasteiger partial charge is 0.0193 e. The number of hydrogen-bond donors (Lipinski definition) is 0. The van der Waals surface area contributed by atoms with Gasteiger partial charge in [0.05, 0.1) is 0 Å². The van der Waals surface area contributed by atoms with Crippen LogP contribution >= 0.6 is 0 Å². The molecule has 0 N–H and O–H groups in total. The van der Waals surface area contributed by atoms with Crippen molar-refractivity contribution < 1.29 is 0 Å². The number of rotatable bonds is 6. The highest BCUT2D eigenvalue weighted by Crippen LogP contribution is 2.01. The predicted octanol–water partition coefficient (Wildman–Crippen LogP) is 2.46. The van der Waals surface area contributed by atoms with Crippen LogP contribution in [-0.4, -0.2) is 24.5 Å². The molecule has 0 unspecified atom stereocenters. The van der Waals surface area contributed by atoms with E-state index in [0.717, 1.165) is 26.1 Å². The summed E-state index contributed by atoms with van der Waals surface area (Å²) in [4.78, 5) is 2.35. The quantitative estimate of drug-likeness (QED) is 0.530. The van der Waals surface area contributed by atoms with Gasteiger partial charge in [0.15, 0.2) is 0 Å². The van der Waals surface area contributed by atoms with Crippen molar-refractivity contribution in [1.82, 2.24) is 4.90 Å². The van der Waals surface area contributed by atoms with E-state index in [9.17, 15) is 0 Å². The average molecular weight is 153 g/mol. The van der Waals surface area contributed by atoms with Crippen LogP contribution < -0.4 is 0 Å². The molecular formula is C10H19N. The van der Waals surface area contributed by atoms with Crippen LogP contribution in [0.3, 0.4) is 0 Å². The van der Waals surface area contributed by atoms with E-state index in [4.69, 9.17) is 0 Å². The van der Waals surface area contributed by atoms with Gasteiger partial charge in [0.25, 0.3) is 0 Å². The highest BCUT2D eigenvalue weighted by Gasteiger charge is 1.99. The van der Waals surface area contributed by atoms with Crippen LogP contribution in [-0.2, 0) is 0 Å². The van der Waals surface area contributed by atoms with Crippen molar-refractivity contribution in [3.05, 3.63) is 24.8 Å². The zero-order valence-corrected chi connectivity index (χ0v) is 7.77. The van der Waals surface area contributed by atoms with Crippen LogP contribution in [0.1, 0.15) is 20.3 Å². The van der Waals surface area contributed by atoms with E-state index in [2.05, 4.69) is 31.9 Å². The molecule has 64 valence electrons. The molecule has 0 aliphatic rings. The molecule has 0 heterocycles. The number of hydrogen-bond acceptors (Lipinski definition) is 1. The van der Waals surface area contributed by atoms with Crippen molar-refractivity contribution in [1.29, 1.82) is 0 Å². The van der Waals surface area contributed by atoms with Gasteiger partial charge in [0.2, 0.25) is 0 Å². The molecule has 0 saturated carbocycles.